The Morgan fingerprint density at radius 1 is 0.709 bits per heavy atom. The van der Waals surface area contributed by atoms with E-state index in [9.17, 15) is 0 Å². The molecular weight excluding hydrogens is 693 g/mol. The number of benzene rings is 4. The highest BCUT2D eigenvalue weighted by Crippen LogP contribution is 2.57. The predicted octanol–water partition coefficient (Wildman–Crippen LogP) is 9.49. The lowest BCUT2D eigenvalue weighted by atomic mass is 9.85. The van der Waals surface area contributed by atoms with Crippen molar-refractivity contribution in [2.45, 2.75) is 47.3 Å². The van der Waals surface area contributed by atoms with E-state index >= 15 is 0 Å². The van der Waals surface area contributed by atoms with Crippen molar-refractivity contribution in [1.29, 1.82) is 0 Å². The predicted molar refractivity (Wildman–Crippen MR) is 229 cm³/mol. The number of hydrogen-bond donors (Lipinski definition) is 0. The summed E-state index contributed by atoms with van der Waals surface area (Å²) < 4.78 is 0. The van der Waals surface area contributed by atoms with Crippen molar-refractivity contribution < 1.29 is 0 Å². The zero-order chi connectivity index (χ0) is 36.0. The molecule has 0 radical (unpaired) electrons. The molecule has 5 atom stereocenters. The van der Waals surface area contributed by atoms with Crippen LogP contribution in [0.4, 0.5) is 34.1 Å². The van der Waals surface area contributed by atoms with Gasteiger partial charge in [0.15, 0.2) is 0 Å². The molecule has 12 rings (SSSR count). The Morgan fingerprint density at radius 2 is 1.55 bits per heavy atom. The zero-order valence-electron chi connectivity index (χ0n) is 30.2. The summed E-state index contributed by atoms with van der Waals surface area (Å²) >= 11 is 2.03. The van der Waals surface area contributed by atoms with Crippen LogP contribution in [0.3, 0.4) is 0 Å². The van der Waals surface area contributed by atoms with Crippen molar-refractivity contribution in [2.24, 2.45) is 20.9 Å². The molecule has 8 aliphatic rings. The molecule has 6 nitrogen and oxygen atoms in total. The fourth-order valence-corrected chi connectivity index (χ4v) is 11.1. The molecule has 4 unspecified atom stereocenters. The third-order valence-corrected chi connectivity index (χ3v) is 13.7. The minimum absolute atomic E-state index is 0.203. The van der Waals surface area contributed by atoms with Crippen molar-refractivity contribution in [1.82, 2.24) is 0 Å². The summed E-state index contributed by atoms with van der Waals surface area (Å²) in [6.45, 7) is 0.671. The fourth-order valence-electron chi connectivity index (χ4n) is 9.78. The van der Waals surface area contributed by atoms with Gasteiger partial charge in [0, 0.05) is 51.9 Å². The molecule has 266 valence electrons. The quantitative estimate of drug-likeness (QED) is 0.183. The summed E-state index contributed by atoms with van der Waals surface area (Å²) in [5.74, 6) is 2.77. The maximum absolute atomic E-state index is 5.27. The van der Waals surface area contributed by atoms with E-state index in [1.54, 1.807) is 0 Å². The van der Waals surface area contributed by atoms with Gasteiger partial charge in [0.1, 0.15) is 5.84 Å². The average Bonchev–Trinajstić information content (AvgIpc) is 3.67. The minimum atomic E-state index is 0.203. The molecule has 4 aromatic carbocycles. The molecule has 5 aliphatic heterocycles. The molecule has 4 aromatic rings. The minimum Gasteiger partial charge on any atom is -0.334 e. The summed E-state index contributed by atoms with van der Waals surface area (Å²) in [5, 5.41) is 2.82. The molecule has 0 saturated carbocycles. The van der Waals surface area contributed by atoms with Gasteiger partial charge in [0.05, 0.1) is 41.0 Å². The van der Waals surface area contributed by atoms with Crippen LogP contribution >= 0.6 is 11.8 Å². The average molecular weight is 731 g/mol. The lowest BCUT2D eigenvalue weighted by Crippen LogP contribution is -2.38. The normalized spacial score (nSPS) is 25.8. The maximum atomic E-state index is 5.27. The highest BCUT2D eigenvalue weighted by Gasteiger charge is 2.43. The van der Waals surface area contributed by atoms with E-state index in [-0.39, 0.29) is 12.0 Å². The number of allylic oxidation sites excluding steroid dienone is 7. The molecule has 0 bridgehead atoms. The second kappa shape index (κ2) is 12.3. The first-order valence-corrected chi connectivity index (χ1v) is 20.4. The third kappa shape index (κ3) is 4.85. The fraction of sp³-hybridized carbons (Fsp3) is 0.188. The van der Waals surface area contributed by atoms with Gasteiger partial charge in [-0.3, -0.25) is 9.80 Å². The number of aliphatic imine (C=N–C) groups is 3. The molecule has 0 spiro atoms. The number of thioether (sulfide) groups is 1. The lowest BCUT2D eigenvalue weighted by molar-refractivity contribution is 0.572. The van der Waals surface area contributed by atoms with Gasteiger partial charge in [0.25, 0.3) is 0 Å². The largest absolute Gasteiger partial charge is 0.334 e. The summed E-state index contributed by atoms with van der Waals surface area (Å²) in [6.07, 6.45) is 29.9. The van der Waals surface area contributed by atoms with E-state index in [0.29, 0.717) is 30.1 Å². The summed E-state index contributed by atoms with van der Waals surface area (Å²) in [4.78, 5) is 24.4. The van der Waals surface area contributed by atoms with Crippen LogP contribution < -0.4 is 25.1 Å². The standard InChI is InChI=1S/C48H38N6S/c1-2-12-31-28-49-47(24-21-30(31)11-1)53-40-18-8-9-19-41(40)54(48-50-29-32-13-3-6-16-38(32)51-48)44-25-33(22-23-42(44)53)52-39-17-7-4-14-34(39)36-27-46-37(26-43(36)52)35-15-5-10-20-45(35)55-46/h1-3,5-13,15-23,25-28,32,34-35,39,45H,4,14,24,29H2/t32?,34?,35-,39?,45?/m0/s1. The van der Waals surface area contributed by atoms with Gasteiger partial charge in [-0.1, -0.05) is 97.2 Å². The first-order chi connectivity index (χ1) is 27.3. The molecular formula is C48H38N6S. The van der Waals surface area contributed by atoms with E-state index < -0.39 is 0 Å². The number of anilines is 6. The van der Waals surface area contributed by atoms with Crippen molar-refractivity contribution in [2.75, 3.05) is 21.2 Å². The van der Waals surface area contributed by atoms with Crippen LogP contribution in [0, 0.1) is 5.92 Å². The Kier molecular flexibility index (Phi) is 7.03. The summed E-state index contributed by atoms with van der Waals surface area (Å²) in [6, 6.07) is 29.5. The van der Waals surface area contributed by atoms with Crippen LogP contribution in [-0.2, 0) is 0 Å². The molecule has 7 heteroatoms. The highest BCUT2D eigenvalue weighted by atomic mass is 32.2. The number of fused-ring (bicyclic) bond motifs is 10. The Hall–Kier alpha value is -5.92. The summed E-state index contributed by atoms with van der Waals surface area (Å²) in [7, 11) is 0. The van der Waals surface area contributed by atoms with E-state index in [1.165, 1.54) is 32.6 Å². The second-order valence-electron chi connectivity index (χ2n) is 15.4. The smallest absolute Gasteiger partial charge is 0.230 e. The van der Waals surface area contributed by atoms with Gasteiger partial charge in [-0.05, 0) is 82.9 Å². The number of hydrogen-bond acceptors (Lipinski definition) is 7. The monoisotopic (exact) mass is 730 g/mol. The number of rotatable bonds is 1. The van der Waals surface area contributed by atoms with Crippen molar-refractivity contribution in [3.05, 3.63) is 161 Å². The molecule has 55 heavy (non-hydrogen) atoms. The molecule has 5 heterocycles. The topological polar surface area (TPSA) is 46.8 Å². The lowest BCUT2D eigenvalue weighted by Gasteiger charge is -2.41. The van der Waals surface area contributed by atoms with E-state index in [1.807, 2.05) is 18.0 Å². The van der Waals surface area contributed by atoms with Gasteiger partial charge in [-0.25, -0.2) is 15.0 Å². The molecule has 0 saturated heterocycles. The van der Waals surface area contributed by atoms with Gasteiger partial charge in [-0.15, -0.1) is 11.8 Å². The molecule has 3 aliphatic carbocycles. The van der Waals surface area contributed by atoms with Crippen molar-refractivity contribution >= 4 is 75.7 Å². The highest BCUT2D eigenvalue weighted by molar-refractivity contribution is 8.00. The SMILES string of the molecule is C1=CC2=NC(N3c4ccccc4N(C4=NC=c5ccccc5=CC4)c4ccc(N5c6cc7c(cc6C6CCC=CC65)SC5C=CC=C[C@@H]75)cc43)=NCC2C=C1. The van der Waals surface area contributed by atoms with Crippen molar-refractivity contribution in [3.8, 4) is 0 Å². The number of para-hydroxylation sites is 2. The number of nitrogens with zero attached hydrogens (tertiary/aromatic N) is 6. The first-order valence-electron chi connectivity index (χ1n) is 19.6. The maximum Gasteiger partial charge on any atom is 0.230 e. The first kappa shape index (κ1) is 31.4. The van der Waals surface area contributed by atoms with E-state index in [2.05, 4.69) is 160 Å². The van der Waals surface area contributed by atoms with Gasteiger partial charge < -0.3 is 4.90 Å². The third-order valence-electron chi connectivity index (χ3n) is 12.4. The van der Waals surface area contributed by atoms with Gasteiger partial charge in [0.2, 0.25) is 5.96 Å². The molecule has 0 fully saturated rings. The zero-order valence-corrected chi connectivity index (χ0v) is 31.1. The Bertz CT molecular complexity index is 2710. The second-order valence-corrected chi connectivity index (χ2v) is 16.6. The molecule has 0 amide bonds. The van der Waals surface area contributed by atoms with Crippen LogP contribution in [0.15, 0.2) is 159 Å². The van der Waals surface area contributed by atoms with Crippen LogP contribution in [0.25, 0.3) is 12.3 Å². The van der Waals surface area contributed by atoms with Crippen LogP contribution in [0.5, 0.6) is 0 Å². The Balaban J connectivity index is 1.05. The van der Waals surface area contributed by atoms with E-state index in [0.717, 1.165) is 58.3 Å². The van der Waals surface area contributed by atoms with Gasteiger partial charge in [-0.2, -0.15) is 0 Å². The van der Waals surface area contributed by atoms with E-state index in [4.69, 9.17) is 15.0 Å². The molecule has 0 N–H and O–H groups in total. The van der Waals surface area contributed by atoms with Crippen molar-refractivity contribution in [3.63, 3.8) is 0 Å². The van der Waals surface area contributed by atoms with Crippen LogP contribution in [0.2, 0.25) is 0 Å². The number of guanidine groups is 1. The molecule has 0 aromatic heterocycles. The van der Waals surface area contributed by atoms with Crippen LogP contribution in [-0.4, -0.2) is 35.3 Å². The summed E-state index contributed by atoms with van der Waals surface area (Å²) in [5.41, 5.74) is 10.8. The Labute approximate surface area is 325 Å². The Morgan fingerprint density at radius 3 is 2.49 bits per heavy atom. The number of amidine groups is 1. The van der Waals surface area contributed by atoms with Gasteiger partial charge >= 0.3 is 0 Å². The van der Waals surface area contributed by atoms with Crippen LogP contribution in [0.1, 0.15) is 42.2 Å².